The molecule has 31 heavy (non-hydrogen) atoms. The van der Waals surface area contributed by atoms with Crippen LogP contribution in [0.15, 0.2) is 12.1 Å². The molecule has 0 saturated carbocycles. The quantitative estimate of drug-likeness (QED) is 0.278. The van der Waals surface area contributed by atoms with Crippen LogP contribution in [0.3, 0.4) is 0 Å². The summed E-state index contributed by atoms with van der Waals surface area (Å²) in [6, 6.07) is -0.271. The highest BCUT2D eigenvalue weighted by Gasteiger charge is 2.49. The first kappa shape index (κ1) is 26.3. The molecule has 0 fully saturated rings. The summed E-state index contributed by atoms with van der Waals surface area (Å²) in [4.78, 5) is 23.9. The van der Waals surface area contributed by atoms with Gasteiger partial charge in [-0.2, -0.15) is 21.6 Å². The zero-order valence-electron chi connectivity index (χ0n) is 17.1. The van der Waals surface area contributed by atoms with Crippen LogP contribution >= 0.6 is 0 Å². The number of nitrogens with one attached hydrogen (secondary N) is 1. The van der Waals surface area contributed by atoms with E-state index in [1.54, 1.807) is 20.8 Å². The minimum atomic E-state index is -6.08. The fourth-order valence-corrected chi connectivity index (χ4v) is 2.59. The summed E-state index contributed by atoms with van der Waals surface area (Å²) in [6.45, 7) is 4.70. The predicted octanol–water partition coefficient (Wildman–Crippen LogP) is 2.67. The van der Waals surface area contributed by atoms with Gasteiger partial charge in [0.15, 0.2) is 11.5 Å². The minimum Gasteiger partial charge on any atom is -0.493 e. The average Bonchev–Trinajstić information content (AvgIpc) is 2.59. The monoisotopic (exact) mass is 474 g/mol. The molecule has 176 valence electrons. The molecule has 1 N–H and O–H groups in total. The lowest BCUT2D eigenvalue weighted by atomic mass is 10.0. The number of ether oxygens (including phenoxy) is 3. The molecular formula is C17H21F4NO8S. The highest BCUT2D eigenvalue weighted by atomic mass is 32.2. The Morgan fingerprint density at radius 3 is 2.13 bits per heavy atom. The van der Waals surface area contributed by atoms with Crippen molar-refractivity contribution in [2.45, 2.75) is 44.3 Å². The molecule has 0 heterocycles. The summed E-state index contributed by atoms with van der Waals surface area (Å²) in [5, 5.41) is 2.19. The van der Waals surface area contributed by atoms with E-state index >= 15 is 0 Å². The zero-order chi connectivity index (χ0) is 24.2. The van der Waals surface area contributed by atoms with Crippen LogP contribution in [0.4, 0.5) is 22.4 Å². The second-order valence-corrected chi connectivity index (χ2v) is 8.54. The maximum absolute atomic E-state index is 14.5. The summed E-state index contributed by atoms with van der Waals surface area (Å²) in [7, 11) is -4.09. The number of alkyl carbamates (subject to hydrolysis) is 1. The number of benzene rings is 1. The second kappa shape index (κ2) is 9.58. The number of hydrogen-bond donors (Lipinski definition) is 1. The van der Waals surface area contributed by atoms with Gasteiger partial charge in [0.2, 0.25) is 0 Å². The third kappa shape index (κ3) is 7.45. The zero-order valence-corrected chi connectivity index (χ0v) is 17.9. The van der Waals surface area contributed by atoms with Gasteiger partial charge in [0, 0.05) is 12.5 Å². The van der Waals surface area contributed by atoms with Gasteiger partial charge in [0.1, 0.15) is 17.5 Å². The van der Waals surface area contributed by atoms with E-state index in [1.165, 1.54) is 0 Å². The minimum absolute atomic E-state index is 0.319. The molecular weight excluding hydrogens is 453 g/mol. The van der Waals surface area contributed by atoms with Crippen LogP contribution in [-0.2, 0) is 30.8 Å². The van der Waals surface area contributed by atoms with Gasteiger partial charge in [0.25, 0.3) is 0 Å². The standard InChI is InChI=1S/C17H21F4NO8S/c1-16(2,3)29-15(24)22-11(14(23)28-5)6-9-7-12(27-4)13(8-10(9)18)30-31(25,26)17(19,20)21/h7-8,11H,6H2,1-5H3,(H,22,24)/i18-1. The van der Waals surface area contributed by atoms with Gasteiger partial charge in [-0.1, -0.05) is 0 Å². The van der Waals surface area contributed by atoms with Gasteiger partial charge in [-0.3, -0.25) is 0 Å². The third-order valence-corrected chi connectivity index (χ3v) is 4.38. The molecule has 14 heteroatoms. The number of amides is 1. The van der Waals surface area contributed by atoms with Crippen molar-refractivity contribution in [3.63, 3.8) is 0 Å². The molecule has 1 aromatic rings. The first-order valence-electron chi connectivity index (χ1n) is 8.45. The number of halogens is 4. The molecule has 1 aromatic carbocycles. The Balaban J connectivity index is 3.22. The summed E-state index contributed by atoms with van der Waals surface area (Å²) in [6.07, 6.45) is -1.54. The van der Waals surface area contributed by atoms with Crippen molar-refractivity contribution in [3.05, 3.63) is 23.5 Å². The predicted molar refractivity (Wildman–Crippen MR) is 97.4 cm³/mol. The maximum Gasteiger partial charge on any atom is 0.534 e. The normalized spacial score (nSPS) is 13.2. The van der Waals surface area contributed by atoms with Crippen molar-refractivity contribution in [2.75, 3.05) is 14.2 Å². The molecule has 0 aromatic heterocycles. The van der Waals surface area contributed by atoms with E-state index in [4.69, 9.17) is 9.47 Å². The summed E-state index contributed by atoms with van der Waals surface area (Å²) < 4.78 is 92.6. The number of methoxy groups -OCH3 is 2. The second-order valence-electron chi connectivity index (χ2n) is 7.00. The number of esters is 1. The molecule has 1 unspecified atom stereocenters. The van der Waals surface area contributed by atoms with Gasteiger partial charge >= 0.3 is 27.7 Å². The topological polar surface area (TPSA) is 117 Å². The number of rotatable bonds is 7. The Morgan fingerprint density at radius 2 is 1.68 bits per heavy atom. The largest absolute Gasteiger partial charge is 0.534 e. The first-order chi connectivity index (χ1) is 14.0. The van der Waals surface area contributed by atoms with Crippen molar-refractivity contribution in [1.29, 1.82) is 0 Å². The van der Waals surface area contributed by atoms with Crippen molar-refractivity contribution in [1.82, 2.24) is 5.32 Å². The van der Waals surface area contributed by atoms with Crippen LogP contribution in [-0.4, -0.2) is 51.9 Å². The molecule has 0 aliphatic heterocycles. The van der Waals surface area contributed by atoms with E-state index in [2.05, 4.69) is 14.2 Å². The SMILES string of the molecule is COC(=O)C(Cc1cc(OC)c(OS(=O)(=O)C(F)(F)F)cc1[18F])NC(=O)OC(C)(C)C. The average molecular weight is 474 g/mol. The van der Waals surface area contributed by atoms with Gasteiger partial charge in [-0.15, -0.1) is 0 Å². The van der Waals surface area contributed by atoms with Crippen LogP contribution in [0.2, 0.25) is 0 Å². The first-order valence-corrected chi connectivity index (χ1v) is 9.86. The number of carbonyl (C=O) groups is 2. The molecule has 1 rings (SSSR count). The van der Waals surface area contributed by atoms with E-state index in [1.807, 2.05) is 0 Å². The molecule has 9 nitrogen and oxygen atoms in total. The third-order valence-electron chi connectivity index (χ3n) is 3.42. The van der Waals surface area contributed by atoms with E-state index < -0.39 is 63.1 Å². The highest BCUT2D eigenvalue weighted by molar-refractivity contribution is 7.88. The van der Waals surface area contributed by atoms with E-state index in [0.29, 0.717) is 6.07 Å². The van der Waals surface area contributed by atoms with Gasteiger partial charge in [-0.25, -0.2) is 14.0 Å². The van der Waals surface area contributed by atoms with Crippen LogP contribution in [0.1, 0.15) is 26.3 Å². The van der Waals surface area contributed by atoms with E-state index in [9.17, 15) is 35.6 Å². The number of hydrogen-bond acceptors (Lipinski definition) is 8. The molecule has 0 radical (unpaired) electrons. The highest BCUT2D eigenvalue weighted by Crippen LogP contribution is 2.35. The molecule has 0 spiro atoms. The van der Waals surface area contributed by atoms with Gasteiger partial charge < -0.3 is 23.7 Å². The lowest BCUT2D eigenvalue weighted by Crippen LogP contribution is -2.45. The van der Waals surface area contributed by atoms with Gasteiger partial charge in [-0.05, 0) is 32.4 Å². The lowest BCUT2D eigenvalue weighted by Gasteiger charge is -2.23. The summed E-state index contributed by atoms with van der Waals surface area (Å²) in [5.74, 6) is -3.82. The lowest BCUT2D eigenvalue weighted by molar-refractivity contribution is -0.143. The Morgan fingerprint density at radius 1 is 1.10 bits per heavy atom. The molecule has 0 bridgehead atoms. The molecule has 0 aliphatic rings. The van der Waals surface area contributed by atoms with Gasteiger partial charge in [0.05, 0.1) is 14.2 Å². The van der Waals surface area contributed by atoms with Crippen LogP contribution < -0.4 is 14.2 Å². The van der Waals surface area contributed by atoms with Crippen LogP contribution in [0, 0.1) is 5.82 Å². The van der Waals surface area contributed by atoms with Crippen LogP contribution in [0.5, 0.6) is 11.5 Å². The molecule has 1 atom stereocenters. The fourth-order valence-electron chi connectivity index (χ4n) is 2.13. The van der Waals surface area contributed by atoms with Crippen molar-refractivity contribution in [3.8, 4) is 11.5 Å². The molecule has 1 amide bonds. The maximum atomic E-state index is 14.5. The van der Waals surface area contributed by atoms with Crippen molar-refractivity contribution in [2.24, 2.45) is 0 Å². The summed E-state index contributed by atoms with van der Waals surface area (Å²) in [5.41, 5.74) is -6.97. The Labute approximate surface area is 175 Å². The number of alkyl halides is 3. The fraction of sp³-hybridized carbons (Fsp3) is 0.529. The van der Waals surface area contributed by atoms with E-state index in [-0.39, 0.29) is 5.56 Å². The molecule has 0 saturated heterocycles. The van der Waals surface area contributed by atoms with E-state index in [0.717, 1.165) is 20.3 Å². The smallest absolute Gasteiger partial charge is 0.493 e. The Hall–Kier alpha value is -2.77. The van der Waals surface area contributed by atoms with Crippen molar-refractivity contribution >= 4 is 22.2 Å². The Bertz CT molecular complexity index is 925. The summed E-state index contributed by atoms with van der Waals surface area (Å²) >= 11 is 0. The Kier molecular flexibility index (Phi) is 8.11. The van der Waals surface area contributed by atoms with Crippen LogP contribution in [0.25, 0.3) is 0 Å². The number of carbonyl (C=O) groups excluding carboxylic acids is 2. The van der Waals surface area contributed by atoms with Crippen molar-refractivity contribution < 1.29 is 54.0 Å². The molecule has 0 aliphatic carbocycles.